The van der Waals surface area contributed by atoms with E-state index in [9.17, 15) is 4.79 Å². The Bertz CT molecular complexity index is 1840. The number of halogens is 1. The summed E-state index contributed by atoms with van der Waals surface area (Å²) in [6, 6.07) is 19.9. The summed E-state index contributed by atoms with van der Waals surface area (Å²) in [4.78, 5) is 29.0. The lowest BCUT2D eigenvalue weighted by Crippen LogP contribution is -2.36. The SMILES string of the molecule is Cc1nc2cnccc2n1-c1ccc(C(=O)N2CCC(=C3c4ccc(Cl)cc4C=Cc4cccnc43)CC2)cc1. The maximum atomic E-state index is 13.5. The first kappa shape index (κ1) is 24.5. The van der Waals surface area contributed by atoms with Crippen molar-refractivity contribution >= 4 is 46.3 Å². The number of nitrogens with zero attached hydrogens (tertiary/aromatic N) is 5. The first-order valence-corrected chi connectivity index (χ1v) is 13.8. The van der Waals surface area contributed by atoms with Crippen molar-refractivity contribution in [2.75, 3.05) is 13.1 Å². The number of benzene rings is 2. The largest absolute Gasteiger partial charge is 0.338 e. The van der Waals surface area contributed by atoms with Crippen molar-refractivity contribution in [2.24, 2.45) is 0 Å². The number of hydrogen-bond acceptors (Lipinski definition) is 4. The lowest BCUT2D eigenvalue weighted by Gasteiger charge is -2.30. The normalized spacial score (nSPS) is 14.7. The summed E-state index contributed by atoms with van der Waals surface area (Å²) in [6.07, 6.45) is 11.2. The molecule has 0 spiro atoms. The summed E-state index contributed by atoms with van der Waals surface area (Å²) in [7, 11) is 0. The molecule has 0 atom stereocenters. The predicted octanol–water partition coefficient (Wildman–Crippen LogP) is 7.00. The molecule has 1 fully saturated rings. The van der Waals surface area contributed by atoms with Gasteiger partial charge in [-0.1, -0.05) is 41.5 Å². The molecule has 5 aromatic rings. The third-order valence-corrected chi connectivity index (χ3v) is 8.04. The fourth-order valence-electron chi connectivity index (χ4n) is 5.87. The van der Waals surface area contributed by atoms with Gasteiger partial charge in [0.15, 0.2) is 0 Å². The van der Waals surface area contributed by atoms with Gasteiger partial charge >= 0.3 is 0 Å². The molecule has 196 valence electrons. The van der Waals surface area contributed by atoms with E-state index < -0.39 is 0 Å². The minimum absolute atomic E-state index is 0.0558. The number of amides is 1. The van der Waals surface area contributed by atoms with Gasteiger partial charge < -0.3 is 4.90 Å². The van der Waals surface area contributed by atoms with Crippen LogP contribution in [0.1, 0.15) is 51.4 Å². The van der Waals surface area contributed by atoms with Crippen LogP contribution in [-0.2, 0) is 0 Å². The molecule has 1 aliphatic carbocycles. The third kappa shape index (κ3) is 4.21. The highest BCUT2D eigenvalue weighted by atomic mass is 35.5. The summed E-state index contributed by atoms with van der Waals surface area (Å²) >= 11 is 6.34. The van der Waals surface area contributed by atoms with E-state index in [1.807, 2.05) is 66.6 Å². The second-order valence-electron chi connectivity index (χ2n) is 10.2. The fourth-order valence-corrected chi connectivity index (χ4v) is 6.05. The fraction of sp³-hybridized carbons (Fsp3) is 0.152. The zero-order valence-electron chi connectivity index (χ0n) is 22.0. The van der Waals surface area contributed by atoms with Crippen LogP contribution in [0.25, 0.3) is 34.4 Å². The molecule has 0 N–H and O–H groups in total. The van der Waals surface area contributed by atoms with E-state index in [0.29, 0.717) is 23.7 Å². The highest BCUT2D eigenvalue weighted by Crippen LogP contribution is 2.38. The zero-order chi connectivity index (χ0) is 27.2. The number of aromatic nitrogens is 4. The Hall–Kier alpha value is -4.55. The zero-order valence-corrected chi connectivity index (χ0v) is 22.8. The molecule has 2 aromatic carbocycles. The molecule has 1 saturated heterocycles. The van der Waals surface area contributed by atoms with Gasteiger partial charge in [0.25, 0.3) is 5.91 Å². The topological polar surface area (TPSA) is 63.9 Å². The molecule has 0 unspecified atom stereocenters. The van der Waals surface area contributed by atoms with Crippen molar-refractivity contribution in [2.45, 2.75) is 19.8 Å². The summed E-state index contributed by atoms with van der Waals surface area (Å²) in [5.74, 6) is 0.938. The van der Waals surface area contributed by atoms with E-state index in [2.05, 4.69) is 38.8 Å². The number of fused-ring (bicyclic) bond motifs is 3. The number of aryl methyl sites for hydroxylation is 1. The van der Waals surface area contributed by atoms with Crippen LogP contribution < -0.4 is 0 Å². The monoisotopic (exact) mass is 543 g/mol. The number of imidazole rings is 1. The number of hydrogen-bond donors (Lipinski definition) is 0. The molecule has 3 aromatic heterocycles. The van der Waals surface area contributed by atoms with Gasteiger partial charge in [0, 0.05) is 52.9 Å². The predicted molar refractivity (Wildman–Crippen MR) is 159 cm³/mol. The highest BCUT2D eigenvalue weighted by molar-refractivity contribution is 6.30. The first-order valence-electron chi connectivity index (χ1n) is 13.4. The number of rotatable bonds is 2. The van der Waals surface area contributed by atoms with Gasteiger partial charge in [0.05, 0.1) is 17.4 Å². The number of piperidine rings is 1. The molecule has 2 aliphatic rings. The lowest BCUT2D eigenvalue weighted by atomic mass is 9.88. The minimum Gasteiger partial charge on any atom is -0.338 e. The van der Waals surface area contributed by atoms with Gasteiger partial charge in [0.1, 0.15) is 11.3 Å². The summed E-state index contributed by atoms with van der Waals surface area (Å²) < 4.78 is 2.09. The average molecular weight is 544 g/mol. The molecular formula is C33H26ClN5O. The molecule has 6 nitrogen and oxygen atoms in total. The van der Waals surface area contributed by atoms with E-state index >= 15 is 0 Å². The van der Waals surface area contributed by atoms with Crippen LogP contribution in [0.15, 0.2) is 84.8 Å². The van der Waals surface area contributed by atoms with Crippen LogP contribution in [0.2, 0.25) is 5.02 Å². The van der Waals surface area contributed by atoms with E-state index in [1.54, 1.807) is 12.4 Å². The minimum atomic E-state index is 0.0558. The van der Waals surface area contributed by atoms with Crippen LogP contribution in [0.4, 0.5) is 0 Å². The molecule has 4 heterocycles. The quantitative estimate of drug-likeness (QED) is 0.236. The Morgan fingerprint density at radius 1 is 0.925 bits per heavy atom. The van der Waals surface area contributed by atoms with E-state index in [-0.39, 0.29) is 5.91 Å². The molecule has 0 saturated carbocycles. The third-order valence-electron chi connectivity index (χ3n) is 7.81. The van der Waals surface area contributed by atoms with Gasteiger partial charge in [-0.25, -0.2) is 4.98 Å². The van der Waals surface area contributed by atoms with Gasteiger partial charge in [-0.3, -0.25) is 19.3 Å². The van der Waals surface area contributed by atoms with Crippen molar-refractivity contribution in [3.63, 3.8) is 0 Å². The molecular weight excluding hydrogens is 518 g/mol. The molecule has 40 heavy (non-hydrogen) atoms. The van der Waals surface area contributed by atoms with Crippen LogP contribution in [0.5, 0.6) is 0 Å². The maximum Gasteiger partial charge on any atom is 0.253 e. The van der Waals surface area contributed by atoms with Crippen LogP contribution >= 0.6 is 11.6 Å². The van der Waals surface area contributed by atoms with Gasteiger partial charge in [0.2, 0.25) is 0 Å². The Morgan fingerprint density at radius 3 is 2.55 bits per heavy atom. The second kappa shape index (κ2) is 9.88. The van der Waals surface area contributed by atoms with Crippen molar-refractivity contribution in [1.82, 2.24) is 24.4 Å². The molecule has 1 amide bonds. The standard InChI is InChI=1S/C33H26ClN5O/c1-21-37-29-20-35-16-12-30(29)39(21)27-9-6-24(7-10-27)33(40)38-17-13-22(14-18-38)31-28-11-8-26(34)19-25(28)5-4-23-3-2-15-36-32(23)31/h2-12,15-16,19-20H,13-14,17-18H2,1H3. The van der Waals surface area contributed by atoms with Crippen LogP contribution in [0, 0.1) is 6.92 Å². The van der Waals surface area contributed by atoms with Gasteiger partial charge in [-0.05, 0) is 79.4 Å². The van der Waals surface area contributed by atoms with Gasteiger partial charge in [-0.15, -0.1) is 0 Å². The van der Waals surface area contributed by atoms with E-state index in [1.165, 1.54) is 11.1 Å². The number of carbonyl (C=O) groups is 1. The summed E-state index contributed by atoms with van der Waals surface area (Å²) in [5, 5.41) is 0.714. The average Bonchev–Trinajstić information content (AvgIpc) is 3.24. The number of pyridine rings is 2. The Kier molecular flexibility index (Phi) is 6.05. The molecule has 1 aliphatic heterocycles. The lowest BCUT2D eigenvalue weighted by molar-refractivity contribution is 0.0744. The van der Waals surface area contributed by atoms with E-state index in [0.717, 1.165) is 57.8 Å². The maximum absolute atomic E-state index is 13.5. The molecule has 7 heteroatoms. The van der Waals surface area contributed by atoms with Crippen molar-refractivity contribution in [1.29, 1.82) is 0 Å². The van der Waals surface area contributed by atoms with Gasteiger partial charge in [-0.2, -0.15) is 0 Å². The van der Waals surface area contributed by atoms with Crippen LogP contribution in [0.3, 0.4) is 0 Å². The van der Waals surface area contributed by atoms with Crippen LogP contribution in [-0.4, -0.2) is 43.4 Å². The highest BCUT2D eigenvalue weighted by Gasteiger charge is 2.26. The first-order chi connectivity index (χ1) is 19.6. The molecule has 0 bridgehead atoms. The van der Waals surface area contributed by atoms with Crippen molar-refractivity contribution < 1.29 is 4.79 Å². The Balaban J connectivity index is 1.15. The Morgan fingerprint density at radius 2 is 1.73 bits per heavy atom. The summed E-state index contributed by atoms with van der Waals surface area (Å²) in [6.45, 7) is 3.30. The smallest absolute Gasteiger partial charge is 0.253 e. The number of likely N-dealkylation sites (tertiary alicyclic amines) is 1. The molecule has 7 rings (SSSR count). The number of carbonyl (C=O) groups excluding carboxylic acids is 1. The van der Waals surface area contributed by atoms with E-state index in [4.69, 9.17) is 16.6 Å². The Labute approximate surface area is 237 Å². The second-order valence-corrected chi connectivity index (χ2v) is 10.6. The summed E-state index contributed by atoms with van der Waals surface area (Å²) in [5.41, 5.74) is 10.3. The van der Waals surface area contributed by atoms with Crippen molar-refractivity contribution in [3.05, 3.63) is 124 Å². The van der Waals surface area contributed by atoms with Crippen molar-refractivity contribution in [3.8, 4) is 5.69 Å². The molecule has 0 radical (unpaired) electrons.